The van der Waals surface area contributed by atoms with Crippen molar-refractivity contribution in [3.05, 3.63) is 29.8 Å². The van der Waals surface area contributed by atoms with Crippen molar-refractivity contribution in [2.75, 3.05) is 6.61 Å². The van der Waals surface area contributed by atoms with Crippen LogP contribution in [0.25, 0.3) is 6.08 Å². The first-order valence-electron chi connectivity index (χ1n) is 4.45. The third-order valence-electron chi connectivity index (χ3n) is 2.27. The van der Waals surface area contributed by atoms with Crippen LogP contribution in [-0.2, 0) is 0 Å². The van der Waals surface area contributed by atoms with Crippen molar-refractivity contribution >= 4 is 6.08 Å². The lowest BCUT2D eigenvalue weighted by atomic mass is 10.0. The summed E-state index contributed by atoms with van der Waals surface area (Å²) in [6.45, 7) is 1.74. The minimum Gasteiger partial charge on any atom is -0.508 e. The number of phenols is 1. The Bertz CT molecular complexity index is 384. The molecule has 3 heteroatoms. The zero-order valence-electron chi connectivity index (χ0n) is 7.90. The molecule has 14 heavy (non-hydrogen) atoms. The molecule has 2 N–H and O–H groups in total. The first kappa shape index (κ1) is 9.09. The molecule has 1 heterocycles. The Morgan fingerprint density at radius 1 is 1.43 bits per heavy atom. The first-order chi connectivity index (χ1) is 6.63. The van der Waals surface area contributed by atoms with Gasteiger partial charge in [0.15, 0.2) is 0 Å². The van der Waals surface area contributed by atoms with Gasteiger partial charge in [0.1, 0.15) is 17.1 Å². The highest BCUT2D eigenvalue weighted by Crippen LogP contribution is 2.32. The van der Waals surface area contributed by atoms with Gasteiger partial charge < -0.3 is 14.9 Å². The van der Waals surface area contributed by atoms with Crippen LogP contribution in [0.5, 0.6) is 11.5 Å². The second-order valence-electron chi connectivity index (χ2n) is 3.63. The van der Waals surface area contributed by atoms with Gasteiger partial charge in [0, 0.05) is 5.56 Å². The predicted molar refractivity (Wildman–Crippen MR) is 53.3 cm³/mol. The lowest BCUT2D eigenvalue weighted by molar-refractivity contribution is 0.0640. The molecule has 2 rings (SSSR count). The Morgan fingerprint density at radius 3 is 2.93 bits per heavy atom. The lowest BCUT2D eigenvalue weighted by Gasteiger charge is -2.29. The Kier molecular flexibility index (Phi) is 1.97. The van der Waals surface area contributed by atoms with E-state index in [0.29, 0.717) is 5.75 Å². The van der Waals surface area contributed by atoms with Crippen LogP contribution in [0.4, 0.5) is 0 Å². The fourth-order valence-electron chi connectivity index (χ4n) is 1.40. The molecule has 0 radical (unpaired) electrons. The van der Waals surface area contributed by atoms with Gasteiger partial charge in [0.25, 0.3) is 0 Å². The Labute approximate surface area is 82.3 Å². The SMILES string of the molecule is C[C@]1(CO)C=Cc2cc(O)ccc2O1. The molecule has 1 aliphatic heterocycles. The summed E-state index contributed by atoms with van der Waals surface area (Å²) in [5.74, 6) is 0.895. The maximum absolute atomic E-state index is 9.24. The third kappa shape index (κ3) is 1.46. The van der Waals surface area contributed by atoms with Crippen molar-refractivity contribution in [2.45, 2.75) is 12.5 Å². The van der Waals surface area contributed by atoms with Crippen molar-refractivity contribution in [1.29, 1.82) is 0 Å². The molecule has 0 saturated heterocycles. The molecular weight excluding hydrogens is 180 g/mol. The van der Waals surface area contributed by atoms with Gasteiger partial charge in [0.05, 0.1) is 6.61 Å². The normalized spacial score (nSPS) is 24.1. The highest BCUT2D eigenvalue weighted by atomic mass is 16.5. The largest absolute Gasteiger partial charge is 0.508 e. The van der Waals surface area contributed by atoms with Gasteiger partial charge in [-0.15, -0.1) is 0 Å². The summed E-state index contributed by atoms with van der Waals surface area (Å²) >= 11 is 0. The molecule has 0 amide bonds. The molecule has 1 aliphatic rings. The van der Waals surface area contributed by atoms with E-state index < -0.39 is 5.60 Å². The number of aliphatic hydroxyl groups is 1. The predicted octanol–water partition coefficient (Wildman–Crippen LogP) is 1.55. The summed E-state index contributed by atoms with van der Waals surface area (Å²) < 4.78 is 5.58. The van der Waals surface area contributed by atoms with Crippen LogP contribution < -0.4 is 4.74 Å². The summed E-state index contributed by atoms with van der Waals surface area (Å²) in [6, 6.07) is 4.89. The van der Waals surface area contributed by atoms with E-state index in [1.807, 2.05) is 6.08 Å². The zero-order chi connectivity index (χ0) is 10.2. The summed E-state index contributed by atoms with van der Waals surface area (Å²) in [4.78, 5) is 0. The minimum atomic E-state index is -0.649. The second kappa shape index (κ2) is 3.03. The number of rotatable bonds is 1. The van der Waals surface area contributed by atoms with E-state index in [9.17, 15) is 5.11 Å². The van der Waals surface area contributed by atoms with Crippen LogP contribution in [0.3, 0.4) is 0 Å². The summed E-state index contributed by atoms with van der Waals surface area (Å²) in [7, 11) is 0. The monoisotopic (exact) mass is 192 g/mol. The van der Waals surface area contributed by atoms with E-state index in [0.717, 1.165) is 5.56 Å². The first-order valence-corrected chi connectivity index (χ1v) is 4.45. The van der Waals surface area contributed by atoms with E-state index in [4.69, 9.17) is 9.84 Å². The zero-order valence-corrected chi connectivity index (χ0v) is 7.90. The van der Waals surface area contributed by atoms with E-state index in [1.165, 1.54) is 0 Å². The molecule has 0 bridgehead atoms. The topological polar surface area (TPSA) is 49.7 Å². The number of benzene rings is 1. The molecule has 1 aromatic carbocycles. The number of phenolic OH excluding ortho intramolecular Hbond substituents is 1. The fraction of sp³-hybridized carbons (Fsp3) is 0.273. The molecule has 1 atom stereocenters. The molecule has 1 aromatic rings. The van der Waals surface area contributed by atoms with Crippen molar-refractivity contribution in [1.82, 2.24) is 0 Å². The maximum Gasteiger partial charge on any atom is 0.148 e. The van der Waals surface area contributed by atoms with Gasteiger partial charge in [-0.3, -0.25) is 0 Å². The number of aromatic hydroxyl groups is 1. The Balaban J connectivity index is 2.41. The standard InChI is InChI=1S/C11H12O3/c1-11(7-12)5-4-8-6-9(13)2-3-10(8)14-11/h2-6,12-13H,7H2,1H3/t11-/m1/s1. The highest BCUT2D eigenvalue weighted by Gasteiger charge is 2.26. The van der Waals surface area contributed by atoms with Crippen molar-refractivity contribution in [3.8, 4) is 11.5 Å². The number of aliphatic hydroxyl groups excluding tert-OH is 1. The van der Waals surface area contributed by atoms with Gasteiger partial charge >= 0.3 is 0 Å². The Hall–Kier alpha value is -1.48. The van der Waals surface area contributed by atoms with Crippen LogP contribution in [0.1, 0.15) is 12.5 Å². The molecule has 0 spiro atoms. The number of fused-ring (bicyclic) bond motifs is 1. The van der Waals surface area contributed by atoms with Gasteiger partial charge in [-0.1, -0.05) is 6.08 Å². The molecule has 0 aromatic heterocycles. The molecular formula is C11H12O3. The molecule has 0 saturated carbocycles. The lowest BCUT2D eigenvalue weighted by Crippen LogP contribution is -2.35. The third-order valence-corrected chi connectivity index (χ3v) is 2.27. The van der Waals surface area contributed by atoms with Crippen molar-refractivity contribution in [3.63, 3.8) is 0 Å². The van der Waals surface area contributed by atoms with E-state index in [-0.39, 0.29) is 12.4 Å². The molecule has 74 valence electrons. The van der Waals surface area contributed by atoms with Gasteiger partial charge in [-0.05, 0) is 31.2 Å². The quantitative estimate of drug-likeness (QED) is 0.709. The average molecular weight is 192 g/mol. The van der Waals surface area contributed by atoms with Gasteiger partial charge in [-0.2, -0.15) is 0 Å². The second-order valence-corrected chi connectivity index (χ2v) is 3.63. The van der Waals surface area contributed by atoms with Crippen molar-refractivity contribution in [2.24, 2.45) is 0 Å². The van der Waals surface area contributed by atoms with Crippen LogP contribution >= 0.6 is 0 Å². The van der Waals surface area contributed by atoms with Crippen LogP contribution in [0.2, 0.25) is 0 Å². The van der Waals surface area contributed by atoms with E-state index >= 15 is 0 Å². The summed E-state index contributed by atoms with van der Waals surface area (Å²) in [5, 5.41) is 18.3. The number of hydrogen-bond acceptors (Lipinski definition) is 3. The maximum atomic E-state index is 9.24. The molecule has 3 nitrogen and oxygen atoms in total. The van der Waals surface area contributed by atoms with Crippen LogP contribution in [0.15, 0.2) is 24.3 Å². The van der Waals surface area contributed by atoms with E-state index in [2.05, 4.69) is 0 Å². The van der Waals surface area contributed by atoms with E-state index in [1.54, 1.807) is 31.2 Å². The van der Waals surface area contributed by atoms with Crippen LogP contribution in [0, 0.1) is 0 Å². The fourth-order valence-corrected chi connectivity index (χ4v) is 1.40. The highest BCUT2D eigenvalue weighted by molar-refractivity contribution is 5.62. The average Bonchev–Trinajstić information content (AvgIpc) is 2.19. The summed E-state index contributed by atoms with van der Waals surface area (Å²) in [5.41, 5.74) is 0.181. The number of hydrogen-bond donors (Lipinski definition) is 2. The summed E-state index contributed by atoms with van der Waals surface area (Å²) in [6.07, 6.45) is 3.63. The van der Waals surface area contributed by atoms with Crippen molar-refractivity contribution < 1.29 is 14.9 Å². The van der Waals surface area contributed by atoms with Gasteiger partial charge in [-0.25, -0.2) is 0 Å². The Morgan fingerprint density at radius 2 is 2.21 bits per heavy atom. The van der Waals surface area contributed by atoms with Gasteiger partial charge in [0.2, 0.25) is 0 Å². The number of ether oxygens (including phenoxy) is 1. The smallest absolute Gasteiger partial charge is 0.148 e. The van der Waals surface area contributed by atoms with Crippen LogP contribution in [-0.4, -0.2) is 22.4 Å². The minimum absolute atomic E-state index is 0.0657. The molecule has 0 unspecified atom stereocenters. The molecule has 0 aliphatic carbocycles. The molecule has 0 fully saturated rings.